The zero-order valence-corrected chi connectivity index (χ0v) is 14.4. The number of aryl methyl sites for hydroxylation is 1. The van der Waals surface area contributed by atoms with Gasteiger partial charge in [-0.1, -0.05) is 53.2 Å². The molecule has 1 atom stereocenters. The van der Waals surface area contributed by atoms with Crippen molar-refractivity contribution in [2.24, 2.45) is 0 Å². The van der Waals surface area contributed by atoms with Gasteiger partial charge in [0.2, 0.25) is 0 Å². The van der Waals surface area contributed by atoms with Crippen LogP contribution in [-0.2, 0) is 6.42 Å². The van der Waals surface area contributed by atoms with E-state index in [2.05, 4.69) is 65.4 Å². The molecule has 0 bridgehead atoms. The molecule has 0 amide bonds. The summed E-state index contributed by atoms with van der Waals surface area (Å²) in [5, 5.41) is 3.58. The predicted molar refractivity (Wildman–Crippen MR) is 92.0 cm³/mol. The number of methoxy groups -OCH3 is 1. The van der Waals surface area contributed by atoms with Crippen LogP contribution in [0.25, 0.3) is 0 Å². The quantitative estimate of drug-likeness (QED) is 0.820. The summed E-state index contributed by atoms with van der Waals surface area (Å²) in [7, 11) is 1.69. The Kier molecular flexibility index (Phi) is 5.83. The molecule has 0 aliphatic rings. The van der Waals surface area contributed by atoms with Gasteiger partial charge in [-0.25, -0.2) is 0 Å². The number of hydrogen-bond donors (Lipinski definition) is 1. The molecule has 3 heteroatoms. The third-order valence-corrected chi connectivity index (χ3v) is 4.73. The summed E-state index contributed by atoms with van der Waals surface area (Å²) < 4.78 is 6.42. The van der Waals surface area contributed by atoms with Crippen LogP contribution in [0, 0.1) is 6.92 Å². The van der Waals surface area contributed by atoms with Crippen molar-refractivity contribution < 1.29 is 4.74 Å². The number of rotatable bonds is 6. The maximum atomic E-state index is 5.22. The van der Waals surface area contributed by atoms with E-state index in [4.69, 9.17) is 4.74 Å². The van der Waals surface area contributed by atoms with Crippen molar-refractivity contribution in [1.82, 2.24) is 5.32 Å². The number of hydrogen-bond acceptors (Lipinski definition) is 2. The second-order valence-electron chi connectivity index (χ2n) is 5.14. The van der Waals surface area contributed by atoms with Crippen LogP contribution in [0.15, 0.2) is 46.9 Å². The van der Waals surface area contributed by atoms with Gasteiger partial charge in [-0.2, -0.15) is 0 Å². The lowest BCUT2D eigenvalue weighted by molar-refractivity contribution is 0.414. The van der Waals surface area contributed by atoms with Gasteiger partial charge in [-0.05, 0) is 48.7 Å². The zero-order chi connectivity index (χ0) is 15.2. The molecule has 21 heavy (non-hydrogen) atoms. The van der Waals surface area contributed by atoms with Gasteiger partial charge < -0.3 is 10.1 Å². The Balaban J connectivity index is 2.24. The van der Waals surface area contributed by atoms with Crippen LogP contribution < -0.4 is 10.1 Å². The molecule has 0 aromatic heterocycles. The molecule has 0 heterocycles. The average molecular weight is 348 g/mol. The number of benzene rings is 2. The van der Waals surface area contributed by atoms with Crippen LogP contribution in [0.1, 0.15) is 29.7 Å². The number of ether oxygens (including phenoxy) is 1. The summed E-state index contributed by atoms with van der Waals surface area (Å²) in [5.41, 5.74) is 3.88. The van der Waals surface area contributed by atoms with E-state index in [1.807, 2.05) is 12.1 Å². The molecule has 0 radical (unpaired) electrons. The van der Waals surface area contributed by atoms with Crippen LogP contribution in [0.2, 0.25) is 0 Å². The molecule has 112 valence electrons. The van der Waals surface area contributed by atoms with Crippen LogP contribution in [0.5, 0.6) is 5.75 Å². The number of likely N-dealkylation sites (N-methyl/N-ethyl adjacent to an activating group) is 1. The Morgan fingerprint density at radius 3 is 2.48 bits per heavy atom. The lowest BCUT2D eigenvalue weighted by Crippen LogP contribution is -2.23. The van der Waals surface area contributed by atoms with Crippen LogP contribution >= 0.6 is 15.9 Å². The normalized spacial score (nSPS) is 12.2. The number of nitrogens with one attached hydrogen (secondary N) is 1. The Hall–Kier alpha value is -1.32. The fourth-order valence-electron chi connectivity index (χ4n) is 2.48. The summed E-state index contributed by atoms with van der Waals surface area (Å²) in [6.07, 6.45) is 0.958. The maximum Gasteiger partial charge on any atom is 0.118 e. The van der Waals surface area contributed by atoms with E-state index in [-0.39, 0.29) is 0 Å². The summed E-state index contributed by atoms with van der Waals surface area (Å²) in [6, 6.07) is 15.0. The Labute approximate surface area is 135 Å². The molecule has 1 N–H and O–H groups in total. The van der Waals surface area contributed by atoms with Gasteiger partial charge >= 0.3 is 0 Å². The molecule has 0 saturated heterocycles. The monoisotopic (exact) mass is 347 g/mol. The second kappa shape index (κ2) is 7.62. The molecule has 0 saturated carbocycles. The second-order valence-corrected chi connectivity index (χ2v) is 5.93. The molecule has 2 nitrogen and oxygen atoms in total. The van der Waals surface area contributed by atoms with Gasteiger partial charge in [0.05, 0.1) is 7.11 Å². The van der Waals surface area contributed by atoms with E-state index in [9.17, 15) is 0 Å². The number of halogens is 1. The van der Waals surface area contributed by atoms with Crippen molar-refractivity contribution in [3.63, 3.8) is 0 Å². The van der Waals surface area contributed by atoms with E-state index in [0.29, 0.717) is 6.04 Å². The molecule has 2 rings (SSSR count). The molecule has 0 fully saturated rings. The van der Waals surface area contributed by atoms with Crippen molar-refractivity contribution in [2.75, 3.05) is 13.7 Å². The third-order valence-electron chi connectivity index (χ3n) is 3.65. The van der Waals surface area contributed by atoms with E-state index < -0.39 is 0 Å². The molecule has 0 aliphatic carbocycles. The highest BCUT2D eigenvalue weighted by atomic mass is 79.9. The fourth-order valence-corrected chi connectivity index (χ4v) is 3.02. The highest BCUT2D eigenvalue weighted by Gasteiger charge is 2.15. The first-order valence-electron chi connectivity index (χ1n) is 7.27. The van der Waals surface area contributed by atoms with Crippen molar-refractivity contribution >= 4 is 15.9 Å². The maximum absolute atomic E-state index is 5.22. The first-order valence-corrected chi connectivity index (χ1v) is 8.06. The Morgan fingerprint density at radius 1 is 1.14 bits per heavy atom. The SMILES string of the molecule is CCNC(Cc1ccc(OC)cc1)c1cccc(C)c1Br. The minimum atomic E-state index is 0.303. The Morgan fingerprint density at radius 2 is 1.86 bits per heavy atom. The summed E-state index contributed by atoms with van der Waals surface area (Å²) in [5.74, 6) is 0.899. The molecular weight excluding hydrogens is 326 g/mol. The van der Waals surface area contributed by atoms with E-state index in [1.165, 1.54) is 21.2 Å². The molecule has 0 aliphatic heterocycles. The third kappa shape index (κ3) is 4.08. The van der Waals surface area contributed by atoms with Crippen molar-refractivity contribution in [2.45, 2.75) is 26.3 Å². The van der Waals surface area contributed by atoms with Gasteiger partial charge in [0.15, 0.2) is 0 Å². The molecule has 1 unspecified atom stereocenters. The van der Waals surface area contributed by atoms with Crippen LogP contribution in [0.3, 0.4) is 0 Å². The minimum absolute atomic E-state index is 0.303. The highest BCUT2D eigenvalue weighted by Crippen LogP contribution is 2.29. The van der Waals surface area contributed by atoms with Crippen molar-refractivity contribution in [3.05, 3.63) is 63.6 Å². The van der Waals surface area contributed by atoms with Gasteiger partial charge in [0, 0.05) is 10.5 Å². The van der Waals surface area contributed by atoms with Gasteiger partial charge in [0.25, 0.3) is 0 Å². The van der Waals surface area contributed by atoms with Gasteiger partial charge in [-0.15, -0.1) is 0 Å². The van der Waals surface area contributed by atoms with Gasteiger partial charge in [0.1, 0.15) is 5.75 Å². The first kappa shape index (κ1) is 16.1. The molecule has 2 aromatic carbocycles. The molecular formula is C18H22BrNO. The molecule has 0 spiro atoms. The first-order chi connectivity index (χ1) is 10.2. The van der Waals surface area contributed by atoms with Gasteiger partial charge in [-0.3, -0.25) is 0 Å². The summed E-state index contributed by atoms with van der Waals surface area (Å²) >= 11 is 3.73. The summed E-state index contributed by atoms with van der Waals surface area (Å²) in [6.45, 7) is 5.22. The smallest absolute Gasteiger partial charge is 0.118 e. The minimum Gasteiger partial charge on any atom is -0.497 e. The van der Waals surface area contributed by atoms with E-state index >= 15 is 0 Å². The summed E-state index contributed by atoms with van der Waals surface area (Å²) in [4.78, 5) is 0. The highest BCUT2D eigenvalue weighted by molar-refractivity contribution is 9.10. The van der Waals surface area contributed by atoms with Crippen LogP contribution in [0.4, 0.5) is 0 Å². The van der Waals surface area contributed by atoms with E-state index in [1.54, 1.807) is 7.11 Å². The van der Waals surface area contributed by atoms with Crippen molar-refractivity contribution in [3.8, 4) is 5.75 Å². The largest absolute Gasteiger partial charge is 0.497 e. The predicted octanol–water partition coefficient (Wildman–Crippen LogP) is 4.66. The standard InChI is InChI=1S/C18H22BrNO/c1-4-20-17(16-7-5-6-13(2)18(16)19)12-14-8-10-15(21-3)11-9-14/h5-11,17,20H,4,12H2,1-3H3. The zero-order valence-electron chi connectivity index (χ0n) is 12.8. The van der Waals surface area contributed by atoms with Crippen molar-refractivity contribution in [1.29, 1.82) is 0 Å². The topological polar surface area (TPSA) is 21.3 Å². The van der Waals surface area contributed by atoms with Crippen LogP contribution in [-0.4, -0.2) is 13.7 Å². The molecule has 2 aromatic rings. The average Bonchev–Trinajstić information content (AvgIpc) is 2.50. The lowest BCUT2D eigenvalue weighted by atomic mass is 9.97. The van der Waals surface area contributed by atoms with E-state index in [0.717, 1.165) is 18.7 Å². The fraction of sp³-hybridized carbons (Fsp3) is 0.333. The Bertz CT molecular complexity index is 580. The lowest BCUT2D eigenvalue weighted by Gasteiger charge is -2.21.